The second kappa shape index (κ2) is 3.41. The molecule has 1 aromatic carbocycles. The first-order chi connectivity index (χ1) is 7.15. The Bertz CT molecular complexity index is 584. The van der Waals surface area contributed by atoms with E-state index >= 15 is 0 Å². The van der Waals surface area contributed by atoms with Gasteiger partial charge in [-0.25, -0.2) is 0 Å². The SMILES string of the molecule is Cc1c(Cl)ccc2c(N)c(C#N)cnc12. The number of benzene rings is 1. The Morgan fingerprint density at radius 3 is 2.87 bits per heavy atom. The molecule has 2 aromatic rings. The third kappa shape index (κ3) is 1.39. The molecule has 15 heavy (non-hydrogen) atoms. The number of fused-ring (bicyclic) bond motifs is 1. The van der Waals surface area contributed by atoms with Crippen LogP contribution >= 0.6 is 11.6 Å². The van der Waals surface area contributed by atoms with Gasteiger partial charge in [0.2, 0.25) is 0 Å². The highest BCUT2D eigenvalue weighted by molar-refractivity contribution is 6.32. The van der Waals surface area contributed by atoms with Gasteiger partial charge in [-0.2, -0.15) is 5.26 Å². The van der Waals surface area contributed by atoms with Gasteiger partial charge in [-0.05, 0) is 24.6 Å². The smallest absolute Gasteiger partial charge is 0.103 e. The van der Waals surface area contributed by atoms with Crippen molar-refractivity contribution >= 4 is 28.2 Å². The second-order valence-electron chi connectivity index (χ2n) is 3.27. The Balaban J connectivity index is 2.93. The molecule has 74 valence electrons. The Morgan fingerprint density at radius 2 is 2.20 bits per heavy atom. The normalized spacial score (nSPS) is 10.2. The number of pyridine rings is 1. The van der Waals surface area contributed by atoms with Crippen LogP contribution in [0.25, 0.3) is 10.9 Å². The van der Waals surface area contributed by atoms with Crippen LogP contribution in [-0.2, 0) is 0 Å². The monoisotopic (exact) mass is 217 g/mol. The fourth-order valence-electron chi connectivity index (χ4n) is 1.49. The van der Waals surface area contributed by atoms with Crippen LogP contribution in [0, 0.1) is 18.3 Å². The van der Waals surface area contributed by atoms with Crippen molar-refractivity contribution in [3.8, 4) is 6.07 Å². The molecule has 0 aliphatic rings. The summed E-state index contributed by atoms with van der Waals surface area (Å²) in [5.41, 5.74) is 8.33. The van der Waals surface area contributed by atoms with Crippen LogP contribution in [0.15, 0.2) is 18.3 Å². The Hall–Kier alpha value is -1.79. The molecule has 0 spiro atoms. The molecule has 1 heterocycles. The van der Waals surface area contributed by atoms with Crippen molar-refractivity contribution in [3.63, 3.8) is 0 Å². The average Bonchev–Trinajstić information content (AvgIpc) is 2.24. The molecule has 1 aromatic heterocycles. The summed E-state index contributed by atoms with van der Waals surface area (Å²) < 4.78 is 0. The minimum atomic E-state index is 0.393. The lowest BCUT2D eigenvalue weighted by atomic mass is 10.1. The van der Waals surface area contributed by atoms with Gasteiger partial charge < -0.3 is 5.73 Å². The number of halogens is 1. The van der Waals surface area contributed by atoms with E-state index in [9.17, 15) is 0 Å². The Morgan fingerprint density at radius 1 is 1.47 bits per heavy atom. The lowest BCUT2D eigenvalue weighted by Crippen LogP contribution is -1.95. The number of aromatic nitrogens is 1. The molecular formula is C11H8ClN3. The van der Waals surface area contributed by atoms with Crippen molar-refractivity contribution in [1.82, 2.24) is 4.98 Å². The van der Waals surface area contributed by atoms with Crippen molar-refractivity contribution in [1.29, 1.82) is 5.26 Å². The van der Waals surface area contributed by atoms with Crippen LogP contribution < -0.4 is 5.73 Å². The van der Waals surface area contributed by atoms with E-state index in [2.05, 4.69) is 4.98 Å². The van der Waals surface area contributed by atoms with E-state index in [1.807, 2.05) is 13.0 Å². The standard InChI is InChI=1S/C11H8ClN3/c1-6-9(12)3-2-8-10(14)7(4-13)5-15-11(6)8/h2-3,5H,1H3,(H2,14,15). The third-order valence-corrected chi connectivity index (χ3v) is 2.80. The van der Waals surface area contributed by atoms with Crippen molar-refractivity contribution in [2.24, 2.45) is 0 Å². The van der Waals surface area contributed by atoms with Gasteiger partial charge in [-0.1, -0.05) is 11.6 Å². The summed E-state index contributed by atoms with van der Waals surface area (Å²) in [5, 5.41) is 10.2. The summed E-state index contributed by atoms with van der Waals surface area (Å²) in [7, 11) is 0. The molecular weight excluding hydrogens is 210 g/mol. The molecule has 0 atom stereocenters. The number of nitrogens with two attached hydrogens (primary N) is 1. The number of nitriles is 1. The van der Waals surface area contributed by atoms with E-state index in [0.29, 0.717) is 16.3 Å². The Labute approximate surface area is 92.1 Å². The summed E-state index contributed by atoms with van der Waals surface area (Å²) in [4.78, 5) is 4.19. The summed E-state index contributed by atoms with van der Waals surface area (Å²) in [6.45, 7) is 1.88. The number of hydrogen-bond donors (Lipinski definition) is 1. The topological polar surface area (TPSA) is 62.7 Å². The van der Waals surface area contributed by atoms with E-state index < -0.39 is 0 Å². The maximum absolute atomic E-state index is 8.81. The van der Waals surface area contributed by atoms with Crippen LogP contribution in [0.4, 0.5) is 5.69 Å². The van der Waals surface area contributed by atoms with Gasteiger partial charge in [0.25, 0.3) is 0 Å². The highest BCUT2D eigenvalue weighted by Gasteiger charge is 2.08. The van der Waals surface area contributed by atoms with E-state index in [1.54, 1.807) is 12.1 Å². The summed E-state index contributed by atoms with van der Waals surface area (Å²) in [6.07, 6.45) is 1.47. The Kier molecular flexibility index (Phi) is 2.22. The molecule has 0 bridgehead atoms. The van der Waals surface area contributed by atoms with Crippen LogP contribution in [-0.4, -0.2) is 4.98 Å². The van der Waals surface area contributed by atoms with E-state index in [4.69, 9.17) is 22.6 Å². The molecule has 0 fully saturated rings. The molecule has 0 aliphatic heterocycles. The van der Waals surface area contributed by atoms with Gasteiger partial charge in [0.1, 0.15) is 6.07 Å². The average molecular weight is 218 g/mol. The fraction of sp³-hybridized carbons (Fsp3) is 0.0909. The van der Waals surface area contributed by atoms with Crippen LogP contribution in [0.1, 0.15) is 11.1 Å². The number of nitrogens with zero attached hydrogens (tertiary/aromatic N) is 2. The summed E-state index contributed by atoms with van der Waals surface area (Å²) >= 11 is 5.97. The second-order valence-corrected chi connectivity index (χ2v) is 3.67. The fourth-order valence-corrected chi connectivity index (χ4v) is 1.64. The van der Waals surface area contributed by atoms with E-state index in [1.165, 1.54) is 6.20 Å². The van der Waals surface area contributed by atoms with Crippen LogP contribution in [0.2, 0.25) is 5.02 Å². The van der Waals surface area contributed by atoms with Gasteiger partial charge in [0.15, 0.2) is 0 Å². The van der Waals surface area contributed by atoms with E-state index in [-0.39, 0.29) is 0 Å². The van der Waals surface area contributed by atoms with Gasteiger partial charge >= 0.3 is 0 Å². The molecule has 0 saturated carbocycles. The number of hydrogen-bond acceptors (Lipinski definition) is 3. The summed E-state index contributed by atoms with van der Waals surface area (Å²) in [5.74, 6) is 0. The number of rotatable bonds is 0. The molecule has 3 nitrogen and oxygen atoms in total. The highest BCUT2D eigenvalue weighted by atomic mass is 35.5. The zero-order chi connectivity index (χ0) is 11.0. The number of aryl methyl sites for hydroxylation is 1. The van der Waals surface area contributed by atoms with Crippen molar-refractivity contribution in [2.75, 3.05) is 5.73 Å². The first-order valence-corrected chi connectivity index (χ1v) is 4.76. The third-order valence-electron chi connectivity index (χ3n) is 2.39. The lowest BCUT2D eigenvalue weighted by molar-refractivity contribution is 1.34. The predicted molar refractivity (Wildman–Crippen MR) is 60.6 cm³/mol. The minimum absolute atomic E-state index is 0.393. The molecule has 4 heteroatoms. The van der Waals surface area contributed by atoms with Crippen molar-refractivity contribution < 1.29 is 0 Å². The number of nitrogen functional groups attached to an aromatic ring is 1. The zero-order valence-corrected chi connectivity index (χ0v) is 8.84. The van der Waals surface area contributed by atoms with Gasteiger partial charge in [-0.3, -0.25) is 4.98 Å². The predicted octanol–water partition coefficient (Wildman–Crippen LogP) is 2.65. The van der Waals surface area contributed by atoms with Crippen molar-refractivity contribution in [3.05, 3.63) is 34.5 Å². The van der Waals surface area contributed by atoms with E-state index in [0.717, 1.165) is 16.5 Å². The molecule has 2 rings (SSSR count). The minimum Gasteiger partial charge on any atom is -0.397 e. The van der Waals surface area contributed by atoms with Crippen molar-refractivity contribution in [2.45, 2.75) is 6.92 Å². The van der Waals surface area contributed by atoms with Gasteiger partial charge in [0, 0.05) is 16.6 Å². The summed E-state index contributed by atoms with van der Waals surface area (Å²) in [6, 6.07) is 5.55. The first-order valence-electron chi connectivity index (χ1n) is 4.38. The highest BCUT2D eigenvalue weighted by Crippen LogP contribution is 2.28. The molecule has 2 N–H and O–H groups in total. The molecule has 0 amide bonds. The first kappa shape index (κ1) is 9.75. The molecule has 0 unspecified atom stereocenters. The lowest BCUT2D eigenvalue weighted by Gasteiger charge is -2.06. The van der Waals surface area contributed by atoms with Crippen LogP contribution in [0.3, 0.4) is 0 Å². The molecule has 0 aliphatic carbocycles. The van der Waals surface area contributed by atoms with Crippen LogP contribution in [0.5, 0.6) is 0 Å². The quantitative estimate of drug-likeness (QED) is 0.738. The maximum Gasteiger partial charge on any atom is 0.103 e. The maximum atomic E-state index is 8.81. The van der Waals surface area contributed by atoms with Gasteiger partial charge in [-0.15, -0.1) is 0 Å². The molecule has 0 radical (unpaired) electrons. The largest absolute Gasteiger partial charge is 0.397 e. The van der Waals surface area contributed by atoms with Gasteiger partial charge in [0.05, 0.1) is 16.8 Å². The molecule has 0 saturated heterocycles. The number of anilines is 1. The zero-order valence-electron chi connectivity index (χ0n) is 8.08.